The highest BCUT2D eigenvalue weighted by molar-refractivity contribution is 5.94. The summed E-state index contributed by atoms with van der Waals surface area (Å²) >= 11 is 0. The summed E-state index contributed by atoms with van der Waals surface area (Å²) in [5.41, 5.74) is 4.28. The van der Waals surface area contributed by atoms with Crippen molar-refractivity contribution >= 4 is 5.91 Å². The van der Waals surface area contributed by atoms with Crippen molar-refractivity contribution in [3.63, 3.8) is 0 Å². The third-order valence-corrected chi connectivity index (χ3v) is 5.60. The summed E-state index contributed by atoms with van der Waals surface area (Å²) in [4.78, 5) is 14.1. The van der Waals surface area contributed by atoms with Crippen LogP contribution in [-0.2, 0) is 10.9 Å². The van der Waals surface area contributed by atoms with Gasteiger partial charge in [-0.25, -0.2) is 0 Å². The van der Waals surface area contributed by atoms with Crippen LogP contribution in [0.25, 0.3) is 0 Å². The van der Waals surface area contributed by atoms with E-state index in [1.54, 1.807) is 4.90 Å². The van der Waals surface area contributed by atoms with E-state index >= 15 is 0 Å². The van der Waals surface area contributed by atoms with E-state index in [0.29, 0.717) is 45.5 Å². The molecule has 0 radical (unpaired) electrons. The van der Waals surface area contributed by atoms with E-state index < -0.39 is 23.8 Å². The Morgan fingerprint density at radius 3 is 2.62 bits per heavy atom. The van der Waals surface area contributed by atoms with Crippen molar-refractivity contribution in [1.82, 2.24) is 4.90 Å². The molecule has 1 saturated carbocycles. The molecule has 1 heterocycles. The first-order chi connectivity index (χ1) is 12.3. The summed E-state index contributed by atoms with van der Waals surface area (Å²) in [5.74, 6) is -0.417. The third kappa shape index (κ3) is 3.45. The molecule has 1 aromatic carbocycles. The molecule has 1 amide bonds. The van der Waals surface area contributed by atoms with Crippen molar-refractivity contribution in [1.29, 1.82) is 0 Å². The van der Waals surface area contributed by atoms with E-state index in [1.165, 1.54) is 12.1 Å². The number of nitrogens with two attached hydrogens (primary N) is 1. The van der Waals surface area contributed by atoms with Gasteiger partial charge in [0.2, 0.25) is 0 Å². The zero-order valence-electron chi connectivity index (χ0n) is 14.3. The molecule has 1 saturated heterocycles. The van der Waals surface area contributed by atoms with Crippen LogP contribution in [0.4, 0.5) is 13.2 Å². The van der Waals surface area contributed by atoms with Gasteiger partial charge < -0.3 is 20.5 Å². The lowest BCUT2D eigenvalue weighted by Gasteiger charge is -2.56. The van der Waals surface area contributed by atoms with Crippen molar-refractivity contribution < 1.29 is 27.8 Å². The number of amides is 1. The molecular weight excluding hydrogens is 349 g/mol. The van der Waals surface area contributed by atoms with E-state index in [0.717, 1.165) is 12.1 Å². The number of halogens is 3. The van der Waals surface area contributed by atoms with Gasteiger partial charge in [0.1, 0.15) is 0 Å². The first-order valence-electron chi connectivity index (χ1n) is 8.74. The number of piperidine rings is 1. The SMILES string of the molecule is NCCO[C@H]1C[C@@H](O)C12CCN(C(=O)c1cccc(C(F)(F)F)c1)CC2. The number of nitrogens with zero attached hydrogens (tertiary/aromatic N) is 1. The molecule has 3 N–H and O–H groups in total. The van der Waals surface area contributed by atoms with E-state index in [-0.39, 0.29) is 17.1 Å². The minimum Gasteiger partial charge on any atom is -0.392 e. The van der Waals surface area contributed by atoms with Crippen molar-refractivity contribution in [3.8, 4) is 0 Å². The lowest BCUT2D eigenvalue weighted by atomic mass is 9.58. The Balaban J connectivity index is 1.66. The monoisotopic (exact) mass is 372 g/mol. The van der Waals surface area contributed by atoms with Crippen LogP contribution >= 0.6 is 0 Å². The predicted octanol–water partition coefficient (Wildman–Crippen LogP) is 2.04. The number of aliphatic hydroxyl groups is 1. The van der Waals surface area contributed by atoms with Gasteiger partial charge in [0.15, 0.2) is 0 Å². The molecule has 144 valence electrons. The van der Waals surface area contributed by atoms with Gasteiger partial charge in [-0.05, 0) is 31.0 Å². The van der Waals surface area contributed by atoms with Crippen LogP contribution in [-0.4, -0.2) is 54.4 Å². The number of aliphatic hydroxyl groups excluding tert-OH is 1. The predicted molar refractivity (Wildman–Crippen MR) is 88.4 cm³/mol. The van der Waals surface area contributed by atoms with Gasteiger partial charge in [-0.15, -0.1) is 0 Å². The first kappa shape index (κ1) is 19.1. The number of ether oxygens (including phenoxy) is 1. The van der Waals surface area contributed by atoms with E-state index in [2.05, 4.69) is 0 Å². The van der Waals surface area contributed by atoms with Gasteiger partial charge in [-0.3, -0.25) is 4.79 Å². The highest BCUT2D eigenvalue weighted by Crippen LogP contribution is 2.51. The molecule has 1 spiro atoms. The average Bonchev–Trinajstić information content (AvgIpc) is 2.64. The maximum absolute atomic E-state index is 12.8. The minimum atomic E-state index is -4.48. The minimum absolute atomic E-state index is 0.0286. The van der Waals surface area contributed by atoms with Crippen LogP contribution in [0.15, 0.2) is 24.3 Å². The summed E-state index contributed by atoms with van der Waals surface area (Å²) in [6.45, 7) is 1.60. The molecule has 1 aromatic rings. The number of carbonyl (C=O) groups excluding carboxylic acids is 1. The highest BCUT2D eigenvalue weighted by Gasteiger charge is 2.56. The maximum Gasteiger partial charge on any atom is 0.416 e. The number of benzene rings is 1. The number of hydrogen-bond donors (Lipinski definition) is 2. The van der Waals surface area contributed by atoms with Crippen LogP contribution in [0.1, 0.15) is 35.2 Å². The van der Waals surface area contributed by atoms with Crippen LogP contribution in [0.5, 0.6) is 0 Å². The van der Waals surface area contributed by atoms with Gasteiger partial charge in [0, 0.05) is 37.0 Å². The largest absolute Gasteiger partial charge is 0.416 e. The van der Waals surface area contributed by atoms with Crippen LogP contribution in [0.3, 0.4) is 0 Å². The summed E-state index contributed by atoms with van der Waals surface area (Å²) in [6, 6.07) is 4.48. The molecule has 0 aromatic heterocycles. The van der Waals surface area contributed by atoms with Crippen molar-refractivity contribution in [3.05, 3.63) is 35.4 Å². The Morgan fingerprint density at radius 2 is 2.04 bits per heavy atom. The second kappa shape index (κ2) is 7.17. The highest BCUT2D eigenvalue weighted by atomic mass is 19.4. The standard InChI is InChI=1S/C18H23F3N2O3/c19-18(20,21)13-3-1-2-12(10-13)16(25)23-7-4-17(5-8-23)14(24)11-15(17)26-9-6-22/h1-3,10,14-15,24H,4-9,11,22H2/t14-,15+/m1/s1. The molecule has 5 nitrogen and oxygen atoms in total. The van der Waals surface area contributed by atoms with Gasteiger partial charge in [0.05, 0.1) is 24.4 Å². The maximum atomic E-state index is 12.8. The van der Waals surface area contributed by atoms with Crippen LogP contribution < -0.4 is 5.73 Å². The molecule has 8 heteroatoms. The molecule has 2 fully saturated rings. The molecule has 1 aliphatic heterocycles. The number of hydrogen-bond acceptors (Lipinski definition) is 4. The van der Waals surface area contributed by atoms with Crippen LogP contribution in [0.2, 0.25) is 0 Å². The Bertz CT molecular complexity index is 657. The van der Waals surface area contributed by atoms with Gasteiger partial charge in [-0.2, -0.15) is 13.2 Å². The van der Waals surface area contributed by atoms with Gasteiger partial charge >= 0.3 is 6.18 Å². The van der Waals surface area contributed by atoms with Gasteiger partial charge in [0.25, 0.3) is 5.91 Å². The molecule has 2 aliphatic rings. The number of alkyl halides is 3. The topological polar surface area (TPSA) is 75.8 Å². The summed E-state index contributed by atoms with van der Waals surface area (Å²) in [5, 5.41) is 10.2. The van der Waals surface area contributed by atoms with Crippen molar-refractivity contribution in [2.24, 2.45) is 11.1 Å². The summed E-state index contributed by atoms with van der Waals surface area (Å²) in [7, 11) is 0. The normalized spacial score (nSPS) is 25.2. The number of rotatable bonds is 4. The van der Waals surface area contributed by atoms with E-state index in [1.807, 2.05) is 0 Å². The second-order valence-electron chi connectivity index (χ2n) is 7.00. The molecule has 1 aliphatic carbocycles. The lowest BCUT2D eigenvalue weighted by molar-refractivity contribution is -0.207. The molecule has 0 unspecified atom stereocenters. The Labute approximate surface area is 149 Å². The fourth-order valence-corrected chi connectivity index (χ4v) is 3.96. The van der Waals surface area contributed by atoms with Gasteiger partial charge in [-0.1, -0.05) is 6.07 Å². The number of carbonyl (C=O) groups is 1. The molecule has 26 heavy (non-hydrogen) atoms. The molecular formula is C18H23F3N2O3. The first-order valence-corrected chi connectivity index (χ1v) is 8.74. The zero-order valence-corrected chi connectivity index (χ0v) is 14.3. The van der Waals surface area contributed by atoms with E-state index in [9.17, 15) is 23.1 Å². The average molecular weight is 372 g/mol. The van der Waals surface area contributed by atoms with Crippen molar-refractivity contribution in [2.75, 3.05) is 26.2 Å². The summed E-state index contributed by atoms with van der Waals surface area (Å²) < 4.78 is 44.2. The molecule has 3 rings (SSSR count). The summed E-state index contributed by atoms with van der Waals surface area (Å²) in [6.07, 6.45) is -3.35. The third-order valence-electron chi connectivity index (χ3n) is 5.60. The quantitative estimate of drug-likeness (QED) is 0.848. The zero-order chi connectivity index (χ0) is 18.9. The number of likely N-dealkylation sites (tertiary alicyclic amines) is 1. The smallest absolute Gasteiger partial charge is 0.392 e. The molecule has 0 bridgehead atoms. The fraction of sp³-hybridized carbons (Fsp3) is 0.611. The lowest BCUT2D eigenvalue weighted by Crippen LogP contribution is -2.62. The Kier molecular flexibility index (Phi) is 5.28. The van der Waals surface area contributed by atoms with E-state index in [4.69, 9.17) is 10.5 Å². The molecule has 2 atom stereocenters. The Morgan fingerprint density at radius 1 is 1.35 bits per heavy atom. The fourth-order valence-electron chi connectivity index (χ4n) is 3.96. The Hall–Kier alpha value is -1.64. The second-order valence-corrected chi connectivity index (χ2v) is 7.00. The van der Waals surface area contributed by atoms with Crippen LogP contribution in [0, 0.1) is 5.41 Å². The van der Waals surface area contributed by atoms with Crippen molar-refractivity contribution in [2.45, 2.75) is 37.6 Å².